The molecule has 3 heteroatoms. The van der Waals surface area contributed by atoms with Crippen molar-refractivity contribution in [3.8, 4) is 0 Å². The van der Waals surface area contributed by atoms with Gasteiger partial charge in [0.15, 0.2) is 0 Å². The summed E-state index contributed by atoms with van der Waals surface area (Å²) in [6.45, 7) is 2.83. The summed E-state index contributed by atoms with van der Waals surface area (Å²) in [6.07, 6.45) is 4.22. The summed E-state index contributed by atoms with van der Waals surface area (Å²) in [4.78, 5) is 2.40. The molecule has 0 bridgehead atoms. The van der Waals surface area contributed by atoms with Crippen LogP contribution in [0.5, 0.6) is 0 Å². The number of likely N-dealkylation sites (tertiary alicyclic amines) is 1. The molecule has 1 saturated heterocycles. The van der Waals surface area contributed by atoms with Crippen LogP contribution < -0.4 is 5.73 Å². The predicted octanol–water partition coefficient (Wildman–Crippen LogP) is 1.20. The van der Waals surface area contributed by atoms with Gasteiger partial charge in [0.2, 0.25) is 0 Å². The Morgan fingerprint density at radius 2 is 2.54 bits per heavy atom. The fraction of sp³-hybridized carbons (Fsp3) is 0.600. The predicted molar refractivity (Wildman–Crippen MR) is 51.2 cm³/mol. The number of rotatable bonds is 3. The summed E-state index contributed by atoms with van der Waals surface area (Å²) in [6, 6.07) is 4.51. The van der Waals surface area contributed by atoms with Gasteiger partial charge in [0.25, 0.3) is 0 Å². The average Bonchev–Trinajstić information content (AvgIpc) is 2.76. The molecule has 1 aliphatic heterocycles. The van der Waals surface area contributed by atoms with Gasteiger partial charge in [-0.2, -0.15) is 0 Å². The van der Waals surface area contributed by atoms with Crippen molar-refractivity contribution >= 4 is 0 Å². The van der Waals surface area contributed by atoms with Gasteiger partial charge < -0.3 is 10.2 Å². The maximum atomic E-state index is 5.68. The molecule has 2 heterocycles. The van der Waals surface area contributed by atoms with Crippen molar-refractivity contribution in [1.82, 2.24) is 4.90 Å². The van der Waals surface area contributed by atoms with Crippen molar-refractivity contribution in [3.63, 3.8) is 0 Å². The van der Waals surface area contributed by atoms with Gasteiger partial charge in [0, 0.05) is 12.6 Å². The molecule has 0 aromatic carbocycles. The van der Waals surface area contributed by atoms with Crippen LogP contribution in [-0.2, 0) is 6.54 Å². The molecule has 1 atom stereocenters. The largest absolute Gasteiger partial charge is 0.468 e. The Bertz CT molecular complexity index is 245. The lowest BCUT2D eigenvalue weighted by Gasteiger charge is -2.21. The third-order valence-electron chi connectivity index (χ3n) is 2.71. The quantitative estimate of drug-likeness (QED) is 0.760. The molecule has 72 valence electrons. The summed E-state index contributed by atoms with van der Waals surface area (Å²) in [5.74, 6) is 1.04. The molecule has 2 rings (SSSR count). The van der Waals surface area contributed by atoms with Gasteiger partial charge in [-0.1, -0.05) is 0 Å². The zero-order valence-corrected chi connectivity index (χ0v) is 7.78. The first-order chi connectivity index (χ1) is 6.40. The Morgan fingerprint density at radius 3 is 3.23 bits per heavy atom. The maximum Gasteiger partial charge on any atom is 0.117 e. The highest BCUT2D eigenvalue weighted by Gasteiger charge is 2.23. The van der Waals surface area contributed by atoms with Gasteiger partial charge in [0.05, 0.1) is 12.8 Å². The molecule has 1 aromatic rings. The molecule has 1 aromatic heterocycles. The number of furan rings is 1. The van der Waals surface area contributed by atoms with Crippen LogP contribution in [-0.4, -0.2) is 24.0 Å². The third kappa shape index (κ3) is 1.92. The van der Waals surface area contributed by atoms with E-state index >= 15 is 0 Å². The van der Waals surface area contributed by atoms with Crippen LogP contribution in [0.4, 0.5) is 0 Å². The van der Waals surface area contributed by atoms with E-state index in [1.54, 1.807) is 6.26 Å². The molecule has 0 amide bonds. The molecule has 1 unspecified atom stereocenters. The second kappa shape index (κ2) is 3.94. The summed E-state index contributed by atoms with van der Waals surface area (Å²) < 4.78 is 5.31. The molecule has 3 nitrogen and oxygen atoms in total. The first kappa shape index (κ1) is 8.78. The topological polar surface area (TPSA) is 42.4 Å². The summed E-state index contributed by atoms with van der Waals surface area (Å²) in [7, 11) is 0. The van der Waals surface area contributed by atoms with E-state index in [-0.39, 0.29) is 0 Å². The van der Waals surface area contributed by atoms with E-state index in [2.05, 4.69) is 4.90 Å². The van der Waals surface area contributed by atoms with Crippen LogP contribution >= 0.6 is 0 Å². The Labute approximate surface area is 78.5 Å². The van der Waals surface area contributed by atoms with Crippen LogP contribution in [0.25, 0.3) is 0 Å². The molecular formula is C10H16N2O. The summed E-state index contributed by atoms with van der Waals surface area (Å²) >= 11 is 0. The van der Waals surface area contributed by atoms with Crippen LogP contribution in [0, 0.1) is 0 Å². The second-order valence-electron chi connectivity index (χ2n) is 3.58. The van der Waals surface area contributed by atoms with Crippen molar-refractivity contribution in [2.24, 2.45) is 5.73 Å². The van der Waals surface area contributed by atoms with Gasteiger partial charge in [-0.3, -0.25) is 4.90 Å². The smallest absolute Gasteiger partial charge is 0.117 e. The van der Waals surface area contributed by atoms with Gasteiger partial charge >= 0.3 is 0 Å². The lowest BCUT2D eigenvalue weighted by molar-refractivity contribution is 0.230. The van der Waals surface area contributed by atoms with E-state index in [4.69, 9.17) is 10.2 Å². The zero-order chi connectivity index (χ0) is 9.10. The van der Waals surface area contributed by atoms with E-state index < -0.39 is 0 Å². The highest BCUT2D eigenvalue weighted by molar-refractivity contribution is 4.99. The second-order valence-corrected chi connectivity index (χ2v) is 3.58. The molecule has 1 aliphatic rings. The Balaban J connectivity index is 1.94. The molecule has 0 spiro atoms. The SMILES string of the molecule is NCC1CCCN1Cc1ccco1. The molecule has 0 aliphatic carbocycles. The van der Waals surface area contributed by atoms with E-state index in [1.807, 2.05) is 12.1 Å². The fourth-order valence-corrected chi connectivity index (χ4v) is 1.97. The van der Waals surface area contributed by atoms with Crippen molar-refractivity contribution in [3.05, 3.63) is 24.2 Å². The fourth-order valence-electron chi connectivity index (χ4n) is 1.97. The molecule has 0 saturated carbocycles. The van der Waals surface area contributed by atoms with Crippen LogP contribution in [0.1, 0.15) is 18.6 Å². The lowest BCUT2D eigenvalue weighted by atomic mass is 10.2. The van der Waals surface area contributed by atoms with Crippen molar-refractivity contribution < 1.29 is 4.42 Å². The minimum atomic E-state index is 0.560. The highest BCUT2D eigenvalue weighted by Crippen LogP contribution is 2.18. The van der Waals surface area contributed by atoms with E-state index in [1.165, 1.54) is 12.8 Å². The standard InChI is InChI=1S/C10H16N2O/c11-7-9-3-1-5-12(9)8-10-4-2-6-13-10/h2,4,6,9H,1,3,5,7-8,11H2. The normalized spacial score (nSPS) is 23.9. The highest BCUT2D eigenvalue weighted by atomic mass is 16.3. The monoisotopic (exact) mass is 180 g/mol. The first-order valence-electron chi connectivity index (χ1n) is 4.86. The molecule has 2 N–H and O–H groups in total. The van der Waals surface area contributed by atoms with Crippen LogP contribution in [0.2, 0.25) is 0 Å². The molecule has 13 heavy (non-hydrogen) atoms. The van der Waals surface area contributed by atoms with E-state index in [0.717, 1.165) is 25.4 Å². The van der Waals surface area contributed by atoms with Crippen molar-refractivity contribution in [2.45, 2.75) is 25.4 Å². The first-order valence-corrected chi connectivity index (χ1v) is 4.86. The van der Waals surface area contributed by atoms with E-state index in [0.29, 0.717) is 6.04 Å². The van der Waals surface area contributed by atoms with Gasteiger partial charge in [-0.05, 0) is 31.5 Å². The van der Waals surface area contributed by atoms with Crippen molar-refractivity contribution in [1.29, 1.82) is 0 Å². The Morgan fingerprint density at radius 1 is 1.62 bits per heavy atom. The maximum absolute atomic E-state index is 5.68. The number of hydrogen-bond acceptors (Lipinski definition) is 3. The van der Waals surface area contributed by atoms with Crippen molar-refractivity contribution in [2.75, 3.05) is 13.1 Å². The Hall–Kier alpha value is -0.800. The van der Waals surface area contributed by atoms with Gasteiger partial charge in [-0.25, -0.2) is 0 Å². The zero-order valence-electron chi connectivity index (χ0n) is 7.78. The van der Waals surface area contributed by atoms with E-state index in [9.17, 15) is 0 Å². The minimum Gasteiger partial charge on any atom is -0.468 e. The lowest BCUT2D eigenvalue weighted by Crippen LogP contribution is -2.34. The van der Waals surface area contributed by atoms with Gasteiger partial charge in [-0.15, -0.1) is 0 Å². The third-order valence-corrected chi connectivity index (χ3v) is 2.71. The van der Waals surface area contributed by atoms with Gasteiger partial charge in [0.1, 0.15) is 5.76 Å². The minimum absolute atomic E-state index is 0.560. The number of nitrogens with zero attached hydrogens (tertiary/aromatic N) is 1. The van der Waals surface area contributed by atoms with Crippen LogP contribution in [0.15, 0.2) is 22.8 Å². The molecule has 1 fully saturated rings. The molecule has 0 radical (unpaired) electrons. The average molecular weight is 180 g/mol. The summed E-state index contributed by atoms with van der Waals surface area (Å²) in [5, 5.41) is 0. The van der Waals surface area contributed by atoms with Crippen LogP contribution in [0.3, 0.4) is 0 Å². The number of hydrogen-bond donors (Lipinski definition) is 1. The summed E-state index contributed by atoms with van der Waals surface area (Å²) in [5.41, 5.74) is 5.68. The molecular weight excluding hydrogens is 164 g/mol. The number of nitrogens with two attached hydrogens (primary N) is 1. The Kier molecular flexibility index (Phi) is 2.66.